The highest BCUT2D eigenvalue weighted by Crippen LogP contribution is 2.42. The van der Waals surface area contributed by atoms with E-state index in [0.29, 0.717) is 6.07 Å². The quantitative estimate of drug-likeness (QED) is 0.103. The maximum Gasteiger partial charge on any atom is 0.512 e. The topological polar surface area (TPSA) is 201 Å². The van der Waals surface area contributed by atoms with E-state index in [-0.39, 0.29) is 61.1 Å². The van der Waals surface area contributed by atoms with E-state index in [2.05, 4.69) is 15.4 Å². The Bertz CT molecular complexity index is 1900. The summed E-state index contributed by atoms with van der Waals surface area (Å²) in [6.45, 7) is 0.549. The van der Waals surface area contributed by atoms with Gasteiger partial charge in [-0.3, -0.25) is 14.4 Å². The first-order valence-corrected chi connectivity index (χ1v) is 17.5. The molecule has 0 spiro atoms. The second-order valence-corrected chi connectivity index (χ2v) is 13.4. The molecule has 0 bridgehead atoms. The van der Waals surface area contributed by atoms with Crippen molar-refractivity contribution in [3.63, 3.8) is 0 Å². The number of thioether (sulfide) groups is 1. The lowest BCUT2D eigenvalue weighted by atomic mass is 9.89. The molecule has 292 valence electrons. The van der Waals surface area contributed by atoms with Gasteiger partial charge in [0.1, 0.15) is 30.1 Å². The molecule has 1 amide bonds. The van der Waals surface area contributed by atoms with E-state index in [1.807, 2.05) is 6.07 Å². The Labute approximate surface area is 317 Å². The van der Waals surface area contributed by atoms with Crippen LogP contribution in [0.25, 0.3) is 6.08 Å². The van der Waals surface area contributed by atoms with Crippen LogP contribution in [0.5, 0.6) is 0 Å². The van der Waals surface area contributed by atoms with Gasteiger partial charge in [-0.2, -0.15) is 10.4 Å². The van der Waals surface area contributed by atoms with Crippen molar-refractivity contribution in [1.29, 1.82) is 5.26 Å². The molecule has 0 aliphatic carbocycles. The van der Waals surface area contributed by atoms with Gasteiger partial charge in [-0.05, 0) is 37.3 Å². The van der Waals surface area contributed by atoms with Crippen molar-refractivity contribution in [2.24, 2.45) is 0 Å². The predicted molar refractivity (Wildman–Crippen MR) is 187 cm³/mol. The van der Waals surface area contributed by atoms with Gasteiger partial charge in [-0.15, -0.1) is 11.8 Å². The third-order valence-corrected chi connectivity index (χ3v) is 9.31. The summed E-state index contributed by atoms with van der Waals surface area (Å²) in [5.74, 6) is -5.07. The van der Waals surface area contributed by atoms with Crippen molar-refractivity contribution in [2.45, 2.75) is 55.1 Å². The first-order valence-electron chi connectivity index (χ1n) is 16.6. The highest BCUT2D eigenvalue weighted by atomic mass is 32.2. The Morgan fingerprint density at radius 1 is 1.09 bits per heavy atom. The Morgan fingerprint density at radius 2 is 1.87 bits per heavy atom. The van der Waals surface area contributed by atoms with Crippen molar-refractivity contribution in [2.75, 3.05) is 26.6 Å². The van der Waals surface area contributed by atoms with E-state index in [9.17, 15) is 28.0 Å². The summed E-state index contributed by atoms with van der Waals surface area (Å²) in [6, 6.07) is 8.73. The Morgan fingerprint density at radius 3 is 2.55 bits per heavy atom. The number of esters is 1. The highest BCUT2D eigenvalue weighted by molar-refractivity contribution is 8.00. The molecule has 1 saturated heterocycles. The average molecular weight is 788 g/mol. The van der Waals surface area contributed by atoms with Crippen LogP contribution in [0.3, 0.4) is 0 Å². The standard InChI is InChI=1S/C36H36F3N5O10S/c1-23(55-27-17-50-34(51-18-27)5-3-2-4-25-7-6-24(16-40)14-29(25)38)36(19-44-21-41-20-43-44,28-9-8-26(37)15-30(28)39)54-35(49)53-22-52-33(48)11-10-31(45)42-13-12-32(46)47/h2-9,14-15,20-21,23,27,34H,10-13,17-19,22H2,1H3,(H,42,45)(H,46,47)/b4-2+,5-3+. The molecule has 2 aromatic carbocycles. The zero-order chi connectivity index (χ0) is 39.8. The fourth-order valence-electron chi connectivity index (χ4n) is 5.13. The largest absolute Gasteiger partial charge is 0.512 e. The number of carbonyl (C=O) groups is 4. The smallest absolute Gasteiger partial charge is 0.481 e. The maximum absolute atomic E-state index is 15.6. The number of carboxylic acids is 1. The molecule has 0 saturated carbocycles. The van der Waals surface area contributed by atoms with Crippen LogP contribution in [0, 0.1) is 28.8 Å². The molecule has 1 aliphatic rings. The fourth-order valence-corrected chi connectivity index (χ4v) is 6.49. The van der Waals surface area contributed by atoms with Crippen LogP contribution in [0.2, 0.25) is 0 Å². The lowest BCUT2D eigenvalue weighted by molar-refractivity contribution is -0.156. The van der Waals surface area contributed by atoms with E-state index >= 15 is 4.39 Å². The molecule has 1 aromatic heterocycles. The monoisotopic (exact) mass is 787 g/mol. The number of aromatic nitrogens is 3. The predicted octanol–water partition coefficient (Wildman–Crippen LogP) is 4.62. The zero-order valence-electron chi connectivity index (χ0n) is 29.3. The first kappa shape index (κ1) is 42.0. The molecule has 55 heavy (non-hydrogen) atoms. The van der Waals surface area contributed by atoms with Crippen molar-refractivity contribution in [1.82, 2.24) is 20.1 Å². The molecule has 3 aromatic rings. The number of aliphatic carboxylic acids is 1. The number of benzene rings is 2. The van der Waals surface area contributed by atoms with Gasteiger partial charge in [0.25, 0.3) is 0 Å². The van der Waals surface area contributed by atoms with Gasteiger partial charge in [-0.25, -0.2) is 27.6 Å². The van der Waals surface area contributed by atoms with Crippen LogP contribution in [-0.2, 0) is 50.2 Å². The number of nitriles is 1. The van der Waals surface area contributed by atoms with Gasteiger partial charge >= 0.3 is 18.1 Å². The van der Waals surface area contributed by atoms with E-state index in [4.69, 9.17) is 34.1 Å². The summed E-state index contributed by atoms with van der Waals surface area (Å²) < 4.78 is 72.5. The molecule has 0 radical (unpaired) electrons. The van der Waals surface area contributed by atoms with Crippen LogP contribution in [0.15, 0.2) is 67.3 Å². The molecule has 4 rings (SSSR count). The number of allylic oxidation sites excluding steroid dienone is 2. The molecule has 2 N–H and O–H groups in total. The van der Waals surface area contributed by atoms with Crippen LogP contribution >= 0.6 is 11.8 Å². The minimum atomic E-state index is -1.94. The van der Waals surface area contributed by atoms with Crippen LogP contribution in [0.1, 0.15) is 42.9 Å². The number of carboxylic acid groups (broad SMARTS) is 1. The van der Waals surface area contributed by atoms with E-state index in [1.54, 1.807) is 25.2 Å². The van der Waals surface area contributed by atoms with E-state index in [1.165, 1.54) is 47.3 Å². The summed E-state index contributed by atoms with van der Waals surface area (Å²) in [4.78, 5) is 51.6. The third-order valence-electron chi connectivity index (χ3n) is 7.86. The Balaban J connectivity index is 1.41. The van der Waals surface area contributed by atoms with Crippen molar-refractivity contribution >= 4 is 41.8 Å². The lowest BCUT2D eigenvalue weighted by Crippen LogP contribution is -2.47. The van der Waals surface area contributed by atoms with Gasteiger partial charge in [0.05, 0.1) is 49.5 Å². The summed E-state index contributed by atoms with van der Waals surface area (Å²) >= 11 is 1.21. The molecule has 19 heteroatoms. The van der Waals surface area contributed by atoms with Gasteiger partial charge in [-0.1, -0.05) is 24.3 Å². The number of hydrogen-bond donors (Lipinski definition) is 2. The molecular formula is C36H36F3N5O10S. The van der Waals surface area contributed by atoms with Gasteiger partial charge in [0.2, 0.25) is 12.7 Å². The highest BCUT2D eigenvalue weighted by Gasteiger charge is 2.47. The lowest BCUT2D eigenvalue weighted by Gasteiger charge is -2.40. The fraction of sp³-hybridized carbons (Fsp3) is 0.361. The van der Waals surface area contributed by atoms with Crippen LogP contribution in [-0.4, -0.2) is 87.2 Å². The number of ether oxygens (including phenoxy) is 5. The summed E-state index contributed by atoms with van der Waals surface area (Å²) in [5, 5.41) is 22.7. The first-order chi connectivity index (χ1) is 26.4. The number of carbonyl (C=O) groups excluding carboxylic acids is 3. The van der Waals surface area contributed by atoms with Gasteiger partial charge in [0.15, 0.2) is 11.9 Å². The minimum absolute atomic E-state index is 0.122. The summed E-state index contributed by atoms with van der Waals surface area (Å²) in [6.07, 6.45) is 5.68. The number of hydrogen-bond acceptors (Lipinski definition) is 13. The van der Waals surface area contributed by atoms with Crippen molar-refractivity contribution in [3.8, 4) is 6.07 Å². The molecule has 2 heterocycles. The minimum Gasteiger partial charge on any atom is -0.481 e. The van der Waals surface area contributed by atoms with Crippen LogP contribution in [0.4, 0.5) is 18.0 Å². The Kier molecular flexibility index (Phi) is 15.8. The second kappa shape index (κ2) is 20.7. The number of rotatable bonds is 18. The average Bonchev–Trinajstić information content (AvgIpc) is 3.66. The summed E-state index contributed by atoms with van der Waals surface area (Å²) in [7, 11) is 0. The molecule has 2 atom stereocenters. The maximum atomic E-state index is 15.6. The molecule has 2 unspecified atom stereocenters. The number of amides is 1. The molecule has 1 aliphatic heterocycles. The zero-order valence-corrected chi connectivity index (χ0v) is 30.1. The van der Waals surface area contributed by atoms with Crippen molar-refractivity contribution in [3.05, 3.63) is 101 Å². The van der Waals surface area contributed by atoms with Crippen LogP contribution < -0.4 is 5.32 Å². The van der Waals surface area contributed by atoms with Gasteiger partial charge in [0, 0.05) is 35.4 Å². The summed E-state index contributed by atoms with van der Waals surface area (Å²) in [5.41, 5.74) is -1.68. The molecule has 15 nitrogen and oxygen atoms in total. The second-order valence-electron chi connectivity index (χ2n) is 11.8. The molecule has 1 fully saturated rings. The van der Waals surface area contributed by atoms with E-state index < -0.39 is 71.8 Å². The SMILES string of the molecule is CC(SC1COC(/C=C/C=C/c2ccc(C#N)cc2F)OC1)C(Cn1cncn1)(OC(=O)OCOC(=O)CCC(=O)NCCC(=O)O)c1ccc(F)cc1F. The number of nitrogens with one attached hydrogen (secondary N) is 1. The van der Waals surface area contributed by atoms with E-state index in [0.717, 1.165) is 18.2 Å². The Hall–Kier alpha value is -5.71. The number of nitrogens with zero attached hydrogens (tertiary/aromatic N) is 4. The molecular weight excluding hydrogens is 751 g/mol. The van der Waals surface area contributed by atoms with Gasteiger partial charge < -0.3 is 34.1 Å². The third kappa shape index (κ3) is 13.0. The normalized spacial score (nSPS) is 17.2. The van der Waals surface area contributed by atoms with Crippen molar-refractivity contribution < 1.29 is 61.1 Å². The number of halogens is 3.